The van der Waals surface area contributed by atoms with E-state index < -0.39 is 5.97 Å². The Hall–Kier alpha value is -3.94. The van der Waals surface area contributed by atoms with Gasteiger partial charge >= 0.3 is 5.97 Å². The summed E-state index contributed by atoms with van der Waals surface area (Å²) >= 11 is 0. The van der Waals surface area contributed by atoms with Crippen molar-refractivity contribution in [2.75, 3.05) is 13.2 Å². The highest BCUT2D eigenvalue weighted by molar-refractivity contribution is 5.96. The standard InChI is InChI=1S/C27H30N4O4/c1-4-7-12-22-28-23-24(26(35-6-3)30-29-25(23)34-5-2)31(22)17-18-13-15-19(16-14-18)20-10-8-9-11-21(20)27(32)33/h8-11,13-16H,4-7,12,17H2,1-3H3,(H,32,33). The average molecular weight is 475 g/mol. The third-order valence-corrected chi connectivity index (χ3v) is 5.76. The summed E-state index contributed by atoms with van der Waals surface area (Å²) in [5, 5.41) is 18.0. The molecule has 8 nitrogen and oxygen atoms in total. The number of hydrogen-bond acceptors (Lipinski definition) is 6. The fourth-order valence-corrected chi connectivity index (χ4v) is 4.11. The van der Waals surface area contributed by atoms with Crippen molar-refractivity contribution in [2.24, 2.45) is 0 Å². The van der Waals surface area contributed by atoms with Crippen molar-refractivity contribution >= 4 is 17.0 Å². The van der Waals surface area contributed by atoms with Gasteiger partial charge in [0.05, 0.1) is 18.8 Å². The minimum Gasteiger partial charge on any atom is -0.478 e. The van der Waals surface area contributed by atoms with Crippen LogP contribution in [0.15, 0.2) is 48.5 Å². The van der Waals surface area contributed by atoms with E-state index in [0.29, 0.717) is 42.6 Å². The molecule has 0 bridgehead atoms. The number of fused-ring (bicyclic) bond motifs is 1. The molecule has 4 rings (SSSR count). The van der Waals surface area contributed by atoms with Crippen molar-refractivity contribution in [1.82, 2.24) is 19.7 Å². The minimum absolute atomic E-state index is 0.283. The van der Waals surface area contributed by atoms with Crippen LogP contribution in [0.3, 0.4) is 0 Å². The molecule has 0 radical (unpaired) electrons. The van der Waals surface area contributed by atoms with Gasteiger partial charge in [-0.25, -0.2) is 9.78 Å². The maximum atomic E-state index is 11.6. The number of unbranched alkanes of at least 4 members (excludes halogenated alkanes) is 1. The predicted octanol–water partition coefficient (Wildman–Crippen LogP) is 5.38. The molecule has 1 N–H and O–H groups in total. The number of carbonyl (C=O) groups is 1. The zero-order chi connectivity index (χ0) is 24.8. The summed E-state index contributed by atoms with van der Waals surface area (Å²) < 4.78 is 13.7. The number of benzene rings is 2. The molecule has 0 spiro atoms. The molecule has 4 aromatic rings. The van der Waals surface area contributed by atoms with Crippen molar-refractivity contribution in [1.29, 1.82) is 0 Å². The lowest BCUT2D eigenvalue weighted by atomic mass is 9.99. The molecule has 0 aliphatic rings. The van der Waals surface area contributed by atoms with Gasteiger partial charge in [-0.3, -0.25) is 0 Å². The summed E-state index contributed by atoms with van der Waals surface area (Å²) in [4.78, 5) is 16.5. The number of ether oxygens (including phenoxy) is 2. The van der Waals surface area contributed by atoms with Crippen LogP contribution in [-0.2, 0) is 13.0 Å². The quantitative estimate of drug-likeness (QED) is 0.311. The Morgan fingerprint density at radius 3 is 2.31 bits per heavy atom. The van der Waals surface area contributed by atoms with Crippen LogP contribution in [0.5, 0.6) is 11.8 Å². The van der Waals surface area contributed by atoms with Gasteiger partial charge in [0, 0.05) is 13.0 Å². The SMILES string of the molecule is CCCCc1nc2c(OCC)nnc(OCC)c2n1Cc1ccc(-c2ccccc2C(=O)O)cc1. The first-order chi connectivity index (χ1) is 17.1. The molecule has 0 atom stereocenters. The summed E-state index contributed by atoms with van der Waals surface area (Å²) in [7, 11) is 0. The lowest BCUT2D eigenvalue weighted by Crippen LogP contribution is -2.08. The highest BCUT2D eigenvalue weighted by atomic mass is 16.5. The number of nitrogens with zero attached hydrogens (tertiary/aromatic N) is 4. The van der Waals surface area contributed by atoms with Crippen molar-refractivity contribution in [3.05, 3.63) is 65.5 Å². The number of carboxylic acid groups (broad SMARTS) is 1. The molecule has 2 heterocycles. The maximum Gasteiger partial charge on any atom is 0.336 e. The Morgan fingerprint density at radius 1 is 0.943 bits per heavy atom. The van der Waals surface area contributed by atoms with Crippen LogP contribution in [0, 0.1) is 0 Å². The van der Waals surface area contributed by atoms with Crippen LogP contribution in [-0.4, -0.2) is 44.0 Å². The molecule has 0 aliphatic heterocycles. The molecule has 182 valence electrons. The fourth-order valence-electron chi connectivity index (χ4n) is 4.11. The highest BCUT2D eigenvalue weighted by Crippen LogP contribution is 2.32. The van der Waals surface area contributed by atoms with Crippen molar-refractivity contribution < 1.29 is 19.4 Å². The Labute approximate surface area is 204 Å². The molecule has 0 fully saturated rings. The van der Waals surface area contributed by atoms with Crippen LogP contribution in [0.1, 0.15) is 55.4 Å². The van der Waals surface area contributed by atoms with Gasteiger partial charge in [0.1, 0.15) is 11.3 Å². The molecular formula is C27H30N4O4. The Morgan fingerprint density at radius 2 is 1.63 bits per heavy atom. The number of aromatic carboxylic acids is 1. The van der Waals surface area contributed by atoms with E-state index in [-0.39, 0.29) is 5.56 Å². The first-order valence-electron chi connectivity index (χ1n) is 12.0. The Balaban J connectivity index is 1.76. The smallest absolute Gasteiger partial charge is 0.336 e. The van der Waals surface area contributed by atoms with Gasteiger partial charge in [-0.2, -0.15) is 0 Å². The summed E-state index contributed by atoms with van der Waals surface area (Å²) in [6, 6.07) is 15.0. The average Bonchev–Trinajstić information content (AvgIpc) is 3.23. The Kier molecular flexibility index (Phi) is 7.60. The molecule has 8 heteroatoms. The van der Waals surface area contributed by atoms with Gasteiger partial charge in [-0.05, 0) is 43.0 Å². The van der Waals surface area contributed by atoms with Crippen molar-refractivity contribution in [3.8, 4) is 22.9 Å². The number of rotatable bonds is 11. The van der Waals surface area contributed by atoms with E-state index in [1.54, 1.807) is 12.1 Å². The van der Waals surface area contributed by atoms with Crippen LogP contribution in [0.4, 0.5) is 0 Å². The first-order valence-corrected chi connectivity index (χ1v) is 12.0. The van der Waals surface area contributed by atoms with Gasteiger partial charge < -0.3 is 19.1 Å². The molecule has 2 aromatic heterocycles. The van der Waals surface area contributed by atoms with E-state index in [1.165, 1.54) is 0 Å². The molecule has 0 aliphatic carbocycles. The fraction of sp³-hybridized carbons (Fsp3) is 0.333. The summed E-state index contributed by atoms with van der Waals surface area (Å²) in [6.45, 7) is 7.47. The number of aromatic nitrogens is 4. The van der Waals surface area contributed by atoms with E-state index in [0.717, 1.165) is 41.7 Å². The molecule has 2 aromatic carbocycles. The van der Waals surface area contributed by atoms with E-state index in [9.17, 15) is 9.90 Å². The summed E-state index contributed by atoms with van der Waals surface area (Å²) in [5.74, 6) is 0.833. The third kappa shape index (κ3) is 5.11. The first kappa shape index (κ1) is 24.2. The monoisotopic (exact) mass is 474 g/mol. The zero-order valence-electron chi connectivity index (χ0n) is 20.3. The third-order valence-electron chi connectivity index (χ3n) is 5.76. The van der Waals surface area contributed by atoms with Gasteiger partial charge in [-0.1, -0.05) is 55.8 Å². The summed E-state index contributed by atoms with van der Waals surface area (Å²) in [6.07, 6.45) is 2.86. The normalized spacial score (nSPS) is 11.1. The lowest BCUT2D eigenvalue weighted by Gasteiger charge is -2.13. The van der Waals surface area contributed by atoms with Crippen LogP contribution in [0.2, 0.25) is 0 Å². The van der Waals surface area contributed by atoms with Gasteiger partial charge in [0.25, 0.3) is 11.8 Å². The molecule has 0 saturated heterocycles. The molecule has 0 unspecified atom stereocenters. The Bertz CT molecular complexity index is 1320. The number of hydrogen-bond donors (Lipinski definition) is 1. The molecule has 0 saturated carbocycles. The van der Waals surface area contributed by atoms with E-state index in [2.05, 4.69) is 21.7 Å². The second-order valence-corrected chi connectivity index (χ2v) is 8.14. The number of carboxylic acids is 1. The largest absolute Gasteiger partial charge is 0.478 e. The molecular weight excluding hydrogens is 444 g/mol. The topological polar surface area (TPSA) is 99.4 Å². The van der Waals surface area contributed by atoms with Gasteiger partial charge in [-0.15, -0.1) is 10.2 Å². The lowest BCUT2D eigenvalue weighted by molar-refractivity contribution is 0.0697. The molecule has 35 heavy (non-hydrogen) atoms. The minimum atomic E-state index is -0.940. The second kappa shape index (κ2) is 11.0. The maximum absolute atomic E-state index is 11.6. The second-order valence-electron chi connectivity index (χ2n) is 8.14. The van der Waals surface area contributed by atoms with E-state index in [1.807, 2.05) is 50.2 Å². The van der Waals surface area contributed by atoms with Crippen molar-refractivity contribution in [2.45, 2.75) is 46.6 Å². The van der Waals surface area contributed by atoms with Crippen LogP contribution >= 0.6 is 0 Å². The number of imidazole rings is 1. The van der Waals surface area contributed by atoms with Gasteiger partial charge in [0.15, 0.2) is 5.52 Å². The summed E-state index contributed by atoms with van der Waals surface area (Å²) in [5.41, 5.74) is 4.31. The van der Waals surface area contributed by atoms with Crippen molar-refractivity contribution in [3.63, 3.8) is 0 Å². The zero-order valence-corrected chi connectivity index (χ0v) is 20.3. The van der Waals surface area contributed by atoms with E-state index >= 15 is 0 Å². The molecule has 0 amide bonds. The highest BCUT2D eigenvalue weighted by Gasteiger charge is 2.21. The predicted molar refractivity (Wildman–Crippen MR) is 134 cm³/mol. The van der Waals surface area contributed by atoms with E-state index in [4.69, 9.17) is 14.5 Å². The number of aryl methyl sites for hydroxylation is 1. The van der Waals surface area contributed by atoms with Gasteiger partial charge in [0.2, 0.25) is 0 Å². The van der Waals surface area contributed by atoms with Crippen LogP contribution < -0.4 is 9.47 Å². The van der Waals surface area contributed by atoms with Crippen LogP contribution in [0.25, 0.3) is 22.2 Å².